The van der Waals surface area contributed by atoms with Crippen LogP contribution < -0.4 is 10.2 Å². The van der Waals surface area contributed by atoms with E-state index in [2.05, 4.69) is 26.3 Å². The van der Waals surface area contributed by atoms with Crippen LogP contribution in [0.4, 0.5) is 11.5 Å². The first-order valence-corrected chi connectivity index (χ1v) is 13.4. The van der Waals surface area contributed by atoms with Crippen LogP contribution in [0.5, 0.6) is 0 Å². The Bertz CT molecular complexity index is 1240. The number of anilines is 2. The van der Waals surface area contributed by atoms with E-state index >= 15 is 0 Å². The number of piperazine rings is 1. The Morgan fingerprint density at radius 1 is 1.24 bits per heavy atom. The van der Waals surface area contributed by atoms with Gasteiger partial charge in [-0.3, -0.25) is 4.79 Å². The summed E-state index contributed by atoms with van der Waals surface area (Å²) in [5.41, 5.74) is 1.36. The molecule has 4 fully saturated rings. The summed E-state index contributed by atoms with van der Waals surface area (Å²) < 4.78 is 28.5. The highest BCUT2D eigenvalue weighted by Gasteiger charge is 2.52. The van der Waals surface area contributed by atoms with Gasteiger partial charge in [0.25, 0.3) is 0 Å². The van der Waals surface area contributed by atoms with E-state index in [9.17, 15) is 13.2 Å². The maximum absolute atomic E-state index is 13.4. The standard InChI is InChI=1S/C23H28N6O3S/c24-9-8-23(6-7-23)14-33(31,32)29-16-3-4-17(29)13-28(12-16)19-11-20(27-22(30)15-1-2-15)26-21-18(19)5-10-25-21/h5,10-11,15-17H,1-4,6-8,12-14H2,(H2,25,26,27,30). The number of rotatable bonds is 7. The highest BCUT2D eigenvalue weighted by atomic mass is 32.2. The molecular formula is C23H28N6O3S. The lowest BCUT2D eigenvalue weighted by Crippen LogP contribution is -2.56. The van der Waals surface area contributed by atoms with Gasteiger partial charge in [-0.2, -0.15) is 9.57 Å². The van der Waals surface area contributed by atoms with E-state index in [1.807, 2.05) is 18.3 Å². The predicted molar refractivity (Wildman–Crippen MR) is 124 cm³/mol. The van der Waals surface area contributed by atoms with Crippen molar-refractivity contribution in [1.29, 1.82) is 5.26 Å². The van der Waals surface area contributed by atoms with Gasteiger partial charge in [-0.05, 0) is 50.0 Å². The normalized spacial score (nSPS) is 26.3. The van der Waals surface area contributed by atoms with Crippen molar-refractivity contribution in [2.45, 2.75) is 57.0 Å². The van der Waals surface area contributed by atoms with Gasteiger partial charge in [0, 0.05) is 55.2 Å². The fourth-order valence-electron chi connectivity index (χ4n) is 5.61. The molecule has 0 aromatic carbocycles. The summed E-state index contributed by atoms with van der Waals surface area (Å²) in [7, 11) is -3.42. The number of aromatic amines is 1. The molecule has 2 bridgehead atoms. The Balaban J connectivity index is 1.25. The van der Waals surface area contributed by atoms with Gasteiger partial charge in [-0.25, -0.2) is 13.4 Å². The van der Waals surface area contributed by atoms with Gasteiger partial charge in [-0.1, -0.05) is 0 Å². The zero-order valence-electron chi connectivity index (χ0n) is 18.5. The second-order valence-electron chi connectivity index (χ2n) is 10.2. The van der Waals surface area contributed by atoms with Crippen molar-refractivity contribution in [3.05, 3.63) is 18.3 Å². The highest BCUT2D eigenvalue weighted by molar-refractivity contribution is 7.89. The first-order valence-electron chi connectivity index (χ1n) is 11.8. The molecule has 2 aliphatic heterocycles. The average Bonchev–Trinajstić information content (AvgIpc) is 3.68. The van der Waals surface area contributed by atoms with Crippen LogP contribution >= 0.6 is 0 Å². The van der Waals surface area contributed by atoms with Crippen LogP contribution in [0.25, 0.3) is 11.0 Å². The zero-order chi connectivity index (χ0) is 22.8. The van der Waals surface area contributed by atoms with Crippen LogP contribution in [0.1, 0.15) is 44.9 Å². The molecule has 2 atom stereocenters. The summed E-state index contributed by atoms with van der Waals surface area (Å²) in [5, 5.41) is 13.0. The SMILES string of the molecule is N#CCC1(CS(=O)(=O)N2C3CCC2CN(c2cc(NC(=O)C4CC4)nc4[nH]ccc24)C3)CC1. The largest absolute Gasteiger partial charge is 0.368 e. The molecule has 2 saturated carbocycles. The molecule has 4 aliphatic rings. The average molecular weight is 469 g/mol. The van der Waals surface area contributed by atoms with Crippen molar-refractivity contribution in [1.82, 2.24) is 14.3 Å². The first-order chi connectivity index (χ1) is 15.9. The quantitative estimate of drug-likeness (QED) is 0.644. The number of carbonyl (C=O) groups is 1. The van der Waals surface area contributed by atoms with Crippen LogP contribution in [0.3, 0.4) is 0 Å². The second kappa shape index (κ2) is 7.43. The van der Waals surface area contributed by atoms with E-state index in [-0.39, 0.29) is 35.1 Å². The van der Waals surface area contributed by atoms with Crippen molar-refractivity contribution in [2.75, 3.05) is 29.1 Å². The van der Waals surface area contributed by atoms with E-state index < -0.39 is 10.0 Å². The van der Waals surface area contributed by atoms with E-state index in [1.54, 1.807) is 4.31 Å². The molecule has 2 aromatic rings. The zero-order valence-corrected chi connectivity index (χ0v) is 19.3. The van der Waals surface area contributed by atoms with Crippen LogP contribution in [0.2, 0.25) is 0 Å². The number of sulfonamides is 1. The molecule has 2 saturated heterocycles. The number of aromatic nitrogens is 2. The number of nitrogens with zero attached hydrogens (tertiary/aromatic N) is 4. The molecular weight excluding hydrogens is 440 g/mol. The van der Waals surface area contributed by atoms with Gasteiger partial charge in [-0.15, -0.1) is 0 Å². The van der Waals surface area contributed by atoms with Gasteiger partial charge in [0.2, 0.25) is 15.9 Å². The number of nitriles is 1. The van der Waals surface area contributed by atoms with Crippen LogP contribution in [-0.4, -0.2) is 59.5 Å². The topological polar surface area (TPSA) is 122 Å². The third-order valence-corrected chi connectivity index (χ3v) is 9.90. The Morgan fingerprint density at radius 2 is 1.97 bits per heavy atom. The molecule has 174 valence electrons. The Kier molecular flexibility index (Phi) is 4.72. The highest BCUT2D eigenvalue weighted by Crippen LogP contribution is 2.51. The van der Waals surface area contributed by atoms with Crippen molar-refractivity contribution in [2.24, 2.45) is 11.3 Å². The number of nitrogens with one attached hydrogen (secondary N) is 2. The Labute approximate surface area is 193 Å². The summed E-state index contributed by atoms with van der Waals surface area (Å²) in [6.07, 6.45) is 7.36. The molecule has 0 radical (unpaired) electrons. The Morgan fingerprint density at radius 3 is 2.61 bits per heavy atom. The second-order valence-corrected chi connectivity index (χ2v) is 12.1. The monoisotopic (exact) mass is 468 g/mol. The molecule has 2 aromatic heterocycles. The number of fused-ring (bicyclic) bond motifs is 3. The number of pyridine rings is 1. The smallest absolute Gasteiger partial charge is 0.228 e. The summed E-state index contributed by atoms with van der Waals surface area (Å²) in [6.45, 7) is 1.22. The molecule has 9 nitrogen and oxygen atoms in total. The van der Waals surface area contributed by atoms with E-state index in [0.29, 0.717) is 31.0 Å². The first kappa shape index (κ1) is 20.9. The number of H-pyrrole nitrogens is 1. The minimum absolute atomic E-state index is 0.0155. The third-order valence-electron chi connectivity index (χ3n) is 7.68. The number of hydrogen-bond donors (Lipinski definition) is 2. The van der Waals surface area contributed by atoms with E-state index in [1.165, 1.54) is 0 Å². The lowest BCUT2D eigenvalue weighted by molar-refractivity contribution is -0.117. The summed E-state index contributed by atoms with van der Waals surface area (Å²) in [6, 6.07) is 5.94. The lowest BCUT2D eigenvalue weighted by Gasteiger charge is -2.41. The summed E-state index contributed by atoms with van der Waals surface area (Å²) >= 11 is 0. The fraction of sp³-hybridized carbons (Fsp3) is 0.609. The fourth-order valence-corrected chi connectivity index (χ4v) is 8.18. The number of amides is 1. The molecule has 10 heteroatoms. The molecule has 6 rings (SSSR count). The van der Waals surface area contributed by atoms with Gasteiger partial charge < -0.3 is 15.2 Å². The van der Waals surface area contributed by atoms with Crippen LogP contribution in [0, 0.1) is 22.7 Å². The van der Waals surface area contributed by atoms with Crippen LogP contribution in [-0.2, 0) is 14.8 Å². The van der Waals surface area contributed by atoms with Crippen molar-refractivity contribution in [3.63, 3.8) is 0 Å². The van der Waals surface area contributed by atoms with Gasteiger partial charge >= 0.3 is 0 Å². The van der Waals surface area contributed by atoms with Crippen molar-refractivity contribution in [3.8, 4) is 6.07 Å². The van der Waals surface area contributed by atoms with Gasteiger partial charge in [0.15, 0.2) is 0 Å². The van der Waals surface area contributed by atoms with Gasteiger partial charge in [0.05, 0.1) is 17.5 Å². The predicted octanol–water partition coefficient (Wildman–Crippen LogP) is 2.59. The van der Waals surface area contributed by atoms with E-state index in [0.717, 1.165) is 49.6 Å². The number of hydrogen-bond acceptors (Lipinski definition) is 6. The maximum Gasteiger partial charge on any atom is 0.228 e. The van der Waals surface area contributed by atoms with Crippen LogP contribution in [0.15, 0.2) is 18.3 Å². The molecule has 0 spiro atoms. The molecule has 2 aliphatic carbocycles. The third kappa shape index (κ3) is 3.77. The maximum atomic E-state index is 13.4. The minimum Gasteiger partial charge on any atom is -0.368 e. The minimum atomic E-state index is -3.42. The van der Waals surface area contributed by atoms with E-state index in [4.69, 9.17) is 5.26 Å². The van der Waals surface area contributed by atoms with Crippen molar-refractivity contribution >= 4 is 38.5 Å². The lowest BCUT2D eigenvalue weighted by atomic mass is 10.1. The molecule has 4 heterocycles. The molecule has 2 N–H and O–H groups in total. The summed E-state index contributed by atoms with van der Waals surface area (Å²) in [5.74, 6) is 0.734. The van der Waals surface area contributed by atoms with Crippen molar-refractivity contribution < 1.29 is 13.2 Å². The number of carbonyl (C=O) groups excluding carboxylic acids is 1. The molecule has 2 unspecified atom stereocenters. The molecule has 1 amide bonds. The van der Waals surface area contributed by atoms with Gasteiger partial charge in [0.1, 0.15) is 11.5 Å². The summed E-state index contributed by atoms with van der Waals surface area (Å²) in [4.78, 5) is 22.3. The Hall–Kier alpha value is -2.64. The molecule has 33 heavy (non-hydrogen) atoms.